The van der Waals surface area contributed by atoms with Crippen molar-refractivity contribution in [3.05, 3.63) is 35.9 Å². The van der Waals surface area contributed by atoms with E-state index in [1.54, 1.807) is 0 Å². The van der Waals surface area contributed by atoms with Crippen LogP contribution in [0.4, 0.5) is 0 Å². The van der Waals surface area contributed by atoms with E-state index in [9.17, 15) is 4.79 Å². The number of hydrogen-bond acceptors (Lipinski definition) is 2. The normalized spacial score (nSPS) is 29.2. The molecule has 0 spiro atoms. The molecule has 1 N–H and O–H groups in total. The van der Waals surface area contributed by atoms with Gasteiger partial charge < -0.3 is 5.32 Å². The van der Waals surface area contributed by atoms with E-state index in [4.69, 9.17) is 11.6 Å². The number of amides is 1. The van der Waals surface area contributed by atoms with Crippen molar-refractivity contribution in [2.24, 2.45) is 0 Å². The molecule has 2 fully saturated rings. The third kappa shape index (κ3) is 3.72. The molecule has 126 valence electrons. The van der Waals surface area contributed by atoms with Gasteiger partial charge in [0, 0.05) is 12.1 Å². The first-order chi connectivity index (χ1) is 11.2. The lowest BCUT2D eigenvalue weighted by atomic mass is 9.78. The molecule has 1 aromatic rings. The Morgan fingerprint density at radius 3 is 2.57 bits per heavy atom. The molecule has 2 unspecified atom stereocenters. The zero-order chi connectivity index (χ0) is 16.1. The van der Waals surface area contributed by atoms with Gasteiger partial charge in [0.15, 0.2) is 0 Å². The Kier molecular flexibility index (Phi) is 5.60. The standard InChI is InChI=1S/C19H27ClN2O/c20-17-11-5-6-12-19(17,22-13-7-2-8-14-22)15-21-18(23)16-9-3-1-4-10-16/h1,3-4,9-10,17H,2,5-8,11-15H2,(H,21,23). The summed E-state index contributed by atoms with van der Waals surface area (Å²) in [6.07, 6.45) is 8.37. The van der Waals surface area contributed by atoms with E-state index < -0.39 is 0 Å². The van der Waals surface area contributed by atoms with Crippen LogP contribution in [-0.4, -0.2) is 41.4 Å². The summed E-state index contributed by atoms with van der Waals surface area (Å²) in [5.41, 5.74) is 0.660. The molecular formula is C19H27ClN2O. The monoisotopic (exact) mass is 334 g/mol. The van der Waals surface area contributed by atoms with Gasteiger partial charge in [0.25, 0.3) is 5.91 Å². The van der Waals surface area contributed by atoms with E-state index in [1.165, 1.54) is 32.1 Å². The number of halogens is 1. The Labute approximate surface area is 144 Å². The minimum absolute atomic E-state index is 0.0106. The summed E-state index contributed by atoms with van der Waals surface area (Å²) in [7, 11) is 0. The summed E-state index contributed by atoms with van der Waals surface area (Å²) in [6.45, 7) is 2.89. The fourth-order valence-electron chi connectivity index (χ4n) is 4.11. The first-order valence-electron chi connectivity index (χ1n) is 8.95. The second-order valence-electron chi connectivity index (χ2n) is 6.91. The summed E-state index contributed by atoms with van der Waals surface area (Å²) in [4.78, 5) is 15.0. The van der Waals surface area contributed by atoms with Crippen LogP contribution in [0.5, 0.6) is 0 Å². The zero-order valence-corrected chi connectivity index (χ0v) is 14.5. The Bertz CT molecular complexity index is 515. The Morgan fingerprint density at radius 2 is 1.87 bits per heavy atom. The number of carbonyl (C=O) groups excluding carboxylic acids is 1. The summed E-state index contributed by atoms with van der Waals surface area (Å²) < 4.78 is 0. The van der Waals surface area contributed by atoms with E-state index in [1.807, 2.05) is 30.3 Å². The van der Waals surface area contributed by atoms with Gasteiger partial charge in [-0.1, -0.05) is 37.5 Å². The number of carbonyl (C=O) groups is 1. The van der Waals surface area contributed by atoms with Crippen molar-refractivity contribution in [2.75, 3.05) is 19.6 Å². The molecule has 4 heteroatoms. The highest BCUT2D eigenvalue weighted by atomic mass is 35.5. The molecule has 1 amide bonds. The first-order valence-corrected chi connectivity index (χ1v) is 9.38. The van der Waals surface area contributed by atoms with E-state index in [-0.39, 0.29) is 16.8 Å². The fraction of sp³-hybridized carbons (Fsp3) is 0.632. The predicted molar refractivity (Wildman–Crippen MR) is 95.0 cm³/mol. The molecule has 1 saturated carbocycles. The van der Waals surface area contributed by atoms with Gasteiger partial charge >= 0.3 is 0 Å². The number of alkyl halides is 1. The molecule has 0 bridgehead atoms. The average Bonchev–Trinajstić information content (AvgIpc) is 2.62. The first kappa shape index (κ1) is 16.8. The van der Waals surface area contributed by atoms with Gasteiger partial charge in [-0.2, -0.15) is 0 Å². The highest BCUT2D eigenvalue weighted by Gasteiger charge is 2.45. The third-order valence-corrected chi connectivity index (χ3v) is 6.10. The highest BCUT2D eigenvalue weighted by molar-refractivity contribution is 6.21. The number of rotatable bonds is 4. The lowest BCUT2D eigenvalue weighted by Gasteiger charge is -2.51. The zero-order valence-electron chi connectivity index (χ0n) is 13.8. The summed E-state index contributed by atoms with van der Waals surface area (Å²) in [5.74, 6) is 0.0106. The number of nitrogens with one attached hydrogen (secondary N) is 1. The van der Waals surface area contributed by atoms with Crippen molar-refractivity contribution in [1.29, 1.82) is 0 Å². The van der Waals surface area contributed by atoms with Gasteiger partial charge in [-0.25, -0.2) is 0 Å². The molecule has 3 nitrogen and oxygen atoms in total. The van der Waals surface area contributed by atoms with E-state index in [2.05, 4.69) is 10.2 Å². The molecular weight excluding hydrogens is 308 g/mol. The maximum absolute atomic E-state index is 12.4. The third-order valence-electron chi connectivity index (χ3n) is 5.48. The van der Waals surface area contributed by atoms with Crippen molar-refractivity contribution in [2.45, 2.75) is 55.9 Å². The number of nitrogens with zero attached hydrogens (tertiary/aromatic N) is 1. The van der Waals surface area contributed by atoms with E-state index in [0.29, 0.717) is 6.54 Å². The second kappa shape index (κ2) is 7.67. The van der Waals surface area contributed by atoms with Crippen LogP contribution in [0.25, 0.3) is 0 Å². The van der Waals surface area contributed by atoms with E-state index >= 15 is 0 Å². The van der Waals surface area contributed by atoms with Crippen molar-refractivity contribution < 1.29 is 4.79 Å². The van der Waals surface area contributed by atoms with Crippen molar-refractivity contribution >= 4 is 17.5 Å². The SMILES string of the molecule is O=C(NCC1(N2CCCCC2)CCCCC1Cl)c1ccccc1. The molecule has 23 heavy (non-hydrogen) atoms. The minimum atomic E-state index is -0.0648. The van der Waals surface area contributed by atoms with E-state index in [0.717, 1.165) is 31.5 Å². The molecule has 1 heterocycles. The maximum Gasteiger partial charge on any atom is 0.251 e. The highest BCUT2D eigenvalue weighted by Crippen LogP contribution is 2.38. The number of hydrogen-bond donors (Lipinski definition) is 1. The molecule has 1 aromatic carbocycles. The Morgan fingerprint density at radius 1 is 1.13 bits per heavy atom. The molecule has 0 aromatic heterocycles. The lowest BCUT2D eigenvalue weighted by molar-refractivity contribution is 0.0360. The van der Waals surface area contributed by atoms with Gasteiger partial charge in [-0.15, -0.1) is 11.6 Å². The van der Waals surface area contributed by atoms with Gasteiger partial charge in [-0.05, 0) is 50.9 Å². The smallest absolute Gasteiger partial charge is 0.251 e. The van der Waals surface area contributed by atoms with Crippen LogP contribution in [0.2, 0.25) is 0 Å². The largest absolute Gasteiger partial charge is 0.350 e. The van der Waals surface area contributed by atoms with Gasteiger partial charge in [0.05, 0.1) is 10.9 Å². The van der Waals surface area contributed by atoms with Crippen LogP contribution in [0.15, 0.2) is 30.3 Å². The summed E-state index contributed by atoms with van der Waals surface area (Å²) in [6, 6.07) is 9.46. The van der Waals surface area contributed by atoms with Gasteiger partial charge in [-0.3, -0.25) is 9.69 Å². The number of likely N-dealkylation sites (tertiary alicyclic amines) is 1. The average molecular weight is 335 g/mol. The second-order valence-corrected chi connectivity index (χ2v) is 7.44. The van der Waals surface area contributed by atoms with Crippen LogP contribution in [0, 0.1) is 0 Å². The van der Waals surface area contributed by atoms with Crippen LogP contribution in [0.3, 0.4) is 0 Å². The predicted octanol–water partition coefficient (Wildman–Crippen LogP) is 3.82. The van der Waals surface area contributed by atoms with Crippen molar-refractivity contribution in [1.82, 2.24) is 10.2 Å². The number of benzene rings is 1. The molecule has 1 aliphatic carbocycles. The van der Waals surface area contributed by atoms with Gasteiger partial charge in [0.2, 0.25) is 0 Å². The maximum atomic E-state index is 12.4. The molecule has 0 radical (unpaired) electrons. The quantitative estimate of drug-likeness (QED) is 0.849. The summed E-state index contributed by atoms with van der Waals surface area (Å²) in [5, 5.41) is 3.30. The Balaban J connectivity index is 1.72. The van der Waals surface area contributed by atoms with Crippen molar-refractivity contribution in [3.63, 3.8) is 0 Å². The minimum Gasteiger partial charge on any atom is -0.350 e. The molecule has 3 rings (SSSR count). The van der Waals surface area contributed by atoms with Crippen LogP contribution >= 0.6 is 11.6 Å². The molecule has 1 aliphatic heterocycles. The lowest BCUT2D eigenvalue weighted by Crippen LogP contribution is -2.63. The summed E-state index contributed by atoms with van der Waals surface area (Å²) >= 11 is 6.81. The van der Waals surface area contributed by atoms with Crippen LogP contribution in [-0.2, 0) is 0 Å². The van der Waals surface area contributed by atoms with Crippen molar-refractivity contribution in [3.8, 4) is 0 Å². The molecule has 1 saturated heterocycles. The Hall–Kier alpha value is -1.06. The molecule has 2 atom stereocenters. The van der Waals surface area contributed by atoms with Crippen LogP contribution < -0.4 is 5.32 Å². The fourth-order valence-corrected chi connectivity index (χ4v) is 4.59. The topological polar surface area (TPSA) is 32.3 Å². The van der Waals surface area contributed by atoms with Gasteiger partial charge in [0.1, 0.15) is 0 Å². The van der Waals surface area contributed by atoms with Crippen LogP contribution in [0.1, 0.15) is 55.3 Å². The number of piperidine rings is 1. The molecule has 2 aliphatic rings.